The Labute approximate surface area is 143 Å². The minimum atomic E-state index is -3.93. The van der Waals surface area contributed by atoms with E-state index in [-0.39, 0.29) is 25.7 Å². The van der Waals surface area contributed by atoms with Crippen molar-refractivity contribution in [1.29, 1.82) is 0 Å². The van der Waals surface area contributed by atoms with Gasteiger partial charge in [0, 0.05) is 11.3 Å². The van der Waals surface area contributed by atoms with Crippen LogP contribution in [0.4, 0.5) is 5.69 Å². The fourth-order valence-electron chi connectivity index (χ4n) is 1.69. The molecule has 0 amide bonds. The van der Waals surface area contributed by atoms with Crippen LogP contribution >= 0.6 is 34.8 Å². The lowest BCUT2D eigenvalue weighted by Gasteiger charge is -2.11. The van der Waals surface area contributed by atoms with E-state index in [0.29, 0.717) is 11.3 Å². The third-order valence-corrected chi connectivity index (χ3v) is 5.38. The Bertz CT molecular complexity index is 833. The van der Waals surface area contributed by atoms with Gasteiger partial charge in [0.15, 0.2) is 5.78 Å². The Morgan fingerprint density at radius 3 is 2.05 bits per heavy atom. The molecule has 0 unspecified atom stereocenters. The Morgan fingerprint density at radius 2 is 1.50 bits per heavy atom. The van der Waals surface area contributed by atoms with Crippen molar-refractivity contribution in [3.63, 3.8) is 0 Å². The van der Waals surface area contributed by atoms with E-state index in [1.54, 1.807) is 0 Å². The third-order valence-electron chi connectivity index (χ3n) is 2.81. The van der Waals surface area contributed by atoms with E-state index in [2.05, 4.69) is 4.72 Å². The highest BCUT2D eigenvalue weighted by atomic mass is 35.5. The Balaban J connectivity index is 2.35. The van der Waals surface area contributed by atoms with Crippen LogP contribution in [0.25, 0.3) is 0 Å². The van der Waals surface area contributed by atoms with Gasteiger partial charge in [0.25, 0.3) is 10.0 Å². The van der Waals surface area contributed by atoms with Crippen LogP contribution in [0.2, 0.25) is 15.1 Å². The summed E-state index contributed by atoms with van der Waals surface area (Å²) in [6.45, 7) is 1.43. The zero-order chi connectivity index (χ0) is 16.5. The molecule has 4 nitrogen and oxygen atoms in total. The minimum absolute atomic E-state index is 0.0396. The first kappa shape index (κ1) is 17.1. The number of hydrogen-bond acceptors (Lipinski definition) is 3. The van der Waals surface area contributed by atoms with Crippen molar-refractivity contribution in [2.24, 2.45) is 0 Å². The average Bonchev–Trinajstić information content (AvgIpc) is 2.42. The van der Waals surface area contributed by atoms with Crippen LogP contribution in [-0.2, 0) is 10.0 Å². The molecule has 0 aromatic heterocycles. The Hall–Kier alpha value is -1.27. The van der Waals surface area contributed by atoms with Gasteiger partial charge in [-0.3, -0.25) is 9.52 Å². The van der Waals surface area contributed by atoms with E-state index in [1.807, 2.05) is 0 Å². The lowest BCUT2D eigenvalue weighted by atomic mass is 10.1. The molecule has 22 heavy (non-hydrogen) atoms. The van der Waals surface area contributed by atoms with E-state index in [4.69, 9.17) is 34.8 Å². The number of halogens is 3. The summed E-state index contributed by atoms with van der Waals surface area (Å²) >= 11 is 17.5. The number of rotatable bonds is 4. The van der Waals surface area contributed by atoms with Gasteiger partial charge >= 0.3 is 0 Å². The van der Waals surface area contributed by atoms with Gasteiger partial charge in [0.05, 0.1) is 15.1 Å². The van der Waals surface area contributed by atoms with Crippen LogP contribution in [-0.4, -0.2) is 14.2 Å². The predicted octanol–water partition coefficient (Wildman–Crippen LogP) is 4.65. The molecule has 116 valence electrons. The van der Waals surface area contributed by atoms with Gasteiger partial charge in [-0.05, 0) is 43.3 Å². The number of carbonyl (C=O) groups excluding carboxylic acids is 1. The van der Waals surface area contributed by atoms with E-state index in [9.17, 15) is 13.2 Å². The zero-order valence-electron chi connectivity index (χ0n) is 11.2. The van der Waals surface area contributed by atoms with E-state index >= 15 is 0 Å². The Morgan fingerprint density at radius 1 is 0.955 bits per heavy atom. The maximum absolute atomic E-state index is 12.3. The van der Waals surface area contributed by atoms with Gasteiger partial charge in [0.1, 0.15) is 4.90 Å². The summed E-state index contributed by atoms with van der Waals surface area (Å²) in [7, 11) is -3.93. The molecule has 0 bridgehead atoms. The van der Waals surface area contributed by atoms with Gasteiger partial charge in [-0.25, -0.2) is 8.42 Å². The molecule has 2 aromatic rings. The van der Waals surface area contributed by atoms with Crippen molar-refractivity contribution in [2.75, 3.05) is 4.72 Å². The molecule has 0 spiro atoms. The van der Waals surface area contributed by atoms with Gasteiger partial charge in [-0.1, -0.05) is 34.8 Å². The van der Waals surface area contributed by atoms with Crippen LogP contribution in [0, 0.1) is 0 Å². The number of carbonyl (C=O) groups is 1. The molecule has 0 aliphatic rings. The average molecular weight is 379 g/mol. The SMILES string of the molecule is CC(=O)c1ccc(NS(=O)(=O)c2cc(Cl)c(Cl)cc2Cl)cc1. The van der Waals surface area contributed by atoms with Gasteiger partial charge in [-0.15, -0.1) is 0 Å². The van der Waals surface area contributed by atoms with Crippen LogP contribution < -0.4 is 4.72 Å². The smallest absolute Gasteiger partial charge is 0.263 e. The van der Waals surface area contributed by atoms with Crippen molar-refractivity contribution >= 4 is 56.3 Å². The lowest BCUT2D eigenvalue weighted by molar-refractivity contribution is 0.101. The highest BCUT2D eigenvalue weighted by Gasteiger charge is 2.20. The number of hydrogen-bond donors (Lipinski definition) is 1. The molecule has 0 radical (unpaired) electrons. The molecule has 2 aromatic carbocycles. The lowest BCUT2D eigenvalue weighted by Crippen LogP contribution is -2.13. The number of anilines is 1. The van der Waals surface area contributed by atoms with Crippen molar-refractivity contribution in [3.05, 3.63) is 57.0 Å². The third kappa shape index (κ3) is 3.73. The molecule has 2 rings (SSSR count). The largest absolute Gasteiger partial charge is 0.295 e. The molecule has 0 fully saturated rings. The monoisotopic (exact) mass is 377 g/mol. The van der Waals surface area contributed by atoms with Crippen molar-refractivity contribution in [3.8, 4) is 0 Å². The second-order valence-electron chi connectivity index (χ2n) is 4.44. The molecule has 0 aliphatic carbocycles. The second-order valence-corrected chi connectivity index (χ2v) is 7.31. The molecule has 0 heterocycles. The van der Waals surface area contributed by atoms with Crippen molar-refractivity contribution in [1.82, 2.24) is 0 Å². The highest BCUT2D eigenvalue weighted by molar-refractivity contribution is 7.92. The molecule has 1 N–H and O–H groups in total. The topological polar surface area (TPSA) is 63.2 Å². The van der Waals surface area contributed by atoms with Crippen LogP contribution in [0.5, 0.6) is 0 Å². The van der Waals surface area contributed by atoms with E-state index in [1.165, 1.54) is 43.3 Å². The van der Waals surface area contributed by atoms with E-state index in [0.717, 1.165) is 0 Å². The predicted molar refractivity (Wildman–Crippen MR) is 88.7 cm³/mol. The summed E-state index contributed by atoms with van der Waals surface area (Å²) in [6.07, 6.45) is 0. The number of sulfonamides is 1. The number of Topliss-reactive ketones (excluding diaryl/α,β-unsaturated/α-hetero) is 1. The molecular formula is C14H10Cl3NO3S. The first-order valence-corrected chi connectivity index (χ1v) is 8.61. The molecule has 8 heteroatoms. The van der Waals surface area contributed by atoms with E-state index < -0.39 is 10.0 Å². The molecular weight excluding hydrogens is 369 g/mol. The molecule has 0 saturated heterocycles. The fraction of sp³-hybridized carbons (Fsp3) is 0.0714. The molecule has 0 atom stereocenters. The highest BCUT2D eigenvalue weighted by Crippen LogP contribution is 2.32. The fourth-order valence-corrected chi connectivity index (χ4v) is 3.75. The van der Waals surface area contributed by atoms with Crippen molar-refractivity contribution < 1.29 is 13.2 Å². The van der Waals surface area contributed by atoms with Crippen LogP contribution in [0.1, 0.15) is 17.3 Å². The van der Waals surface area contributed by atoms with Gasteiger partial charge in [-0.2, -0.15) is 0 Å². The summed E-state index contributed by atoms with van der Waals surface area (Å²) in [5.74, 6) is -0.109. The Kier molecular flexibility index (Phi) is 5.02. The van der Waals surface area contributed by atoms with Gasteiger partial charge in [0.2, 0.25) is 0 Å². The first-order valence-electron chi connectivity index (χ1n) is 5.99. The van der Waals surface area contributed by atoms with Crippen LogP contribution in [0.15, 0.2) is 41.3 Å². The molecule has 0 aliphatic heterocycles. The standard InChI is InChI=1S/C14H10Cl3NO3S/c1-8(19)9-2-4-10(5-3-9)18-22(20,21)14-7-12(16)11(15)6-13(14)17/h2-7,18H,1H3. The summed E-state index contributed by atoms with van der Waals surface area (Å²) < 4.78 is 27.0. The normalized spacial score (nSPS) is 11.3. The minimum Gasteiger partial charge on any atom is -0.295 e. The summed E-state index contributed by atoms with van der Waals surface area (Å²) in [6, 6.07) is 8.46. The summed E-state index contributed by atoms with van der Waals surface area (Å²) in [5, 5.41) is 0.206. The summed E-state index contributed by atoms with van der Waals surface area (Å²) in [4.78, 5) is 11.0. The maximum Gasteiger partial charge on any atom is 0.263 e. The number of ketones is 1. The quantitative estimate of drug-likeness (QED) is 0.622. The summed E-state index contributed by atoms with van der Waals surface area (Å²) in [5.41, 5.74) is 0.780. The number of nitrogens with one attached hydrogen (secondary N) is 1. The second kappa shape index (κ2) is 6.46. The first-order chi connectivity index (χ1) is 10.2. The maximum atomic E-state index is 12.3. The molecule has 0 saturated carbocycles. The van der Waals surface area contributed by atoms with Gasteiger partial charge < -0.3 is 0 Å². The number of benzene rings is 2. The zero-order valence-corrected chi connectivity index (χ0v) is 14.3. The van der Waals surface area contributed by atoms with Crippen molar-refractivity contribution in [2.45, 2.75) is 11.8 Å². The van der Waals surface area contributed by atoms with Crippen LogP contribution in [0.3, 0.4) is 0 Å².